The number of hydrogen-bond donors (Lipinski definition) is 0. The summed E-state index contributed by atoms with van der Waals surface area (Å²) in [5.74, 6) is 0.702. The summed E-state index contributed by atoms with van der Waals surface area (Å²) in [4.78, 5) is 24.7. The van der Waals surface area contributed by atoms with E-state index in [0.717, 1.165) is 64.2 Å². The van der Waals surface area contributed by atoms with Crippen LogP contribution in [0.4, 0.5) is 9.59 Å². The van der Waals surface area contributed by atoms with Crippen LogP contribution in [0.15, 0.2) is 0 Å². The molecule has 6 heteroatoms. The Bertz CT molecular complexity index is 425. The normalized spacial score (nSPS) is 14.8. The molecule has 0 aliphatic heterocycles. The summed E-state index contributed by atoms with van der Waals surface area (Å²) in [5.41, 5.74) is 0. The van der Waals surface area contributed by atoms with E-state index in [-0.39, 0.29) is 0 Å². The molecule has 0 saturated heterocycles. The van der Waals surface area contributed by atoms with E-state index >= 15 is 0 Å². The van der Waals surface area contributed by atoms with Gasteiger partial charge in [0.15, 0.2) is 0 Å². The highest BCUT2D eigenvalue weighted by molar-refractivity contribution is 5.61. The minimum atomic E-state index is -0.679. The van der Waals surface area contributed by atoms with Crippen LogP contribution >= 0.6 is 0 Å². The number of rotatable bonds is 19. The molecule has 0 aliphatic carbocycles. The fourth-order valence-electron chi connectivity index (χ4n) is 3.69. The van der Waals surface area contributed by atoms with Crippen LogP contribution in [0.25, 0.3) is 0 Å². The van der Waals surface area contributed by atoms with Crippen LogP contribution in [0.5, 0.6) is 0 Å². The van der Waals surface area contributed by atoms with Gasteiger partial charge in [0.05, 0.1) is 13.2 Å². The molecular formula is C26H50O6. The number of ether oxygens (including phenoxy) is 4. The topological polar surface area (TPSA) is 71.1 Å². The molecule has 0 spiro atoms. The van der Waals surface area contributed by atoms with Gasteiger partial charge in [-0.3, -0.25) is 0 Å². The van der Waals surface area contributed by atoms with Crippen LogP contribution in [0.1, 0.15) is 119 Å². The molecule has 0 aliphatic rings. The van der Waals surface area contributed by atoms with Crippen molar-refractivity contribution in [3.8, 4) is 0 Å². The summed E-state index contributed by atoms with van der Waals surface area (Å²) >= 11 is 0. The van der Waals surface area contributed by atoms with Gasteiger partial charge in [-0.1, -0.05) is 92.9 Å². The lowest BCUT2D eigenvalue weighted by atomic mass is 10.0. The summed E-state index contributed by atoms with van der Waals surface area (Å²) in [6, 6.07) is 0. The van der Waals surface area contributed by atoms with Crippen molar-refractivity contribution in [2.45, 2.75) is 131 Å². The summed E-state index contributed by atoms with van der Waals surface area (Å²) in [6.45, 7) is 13.3. The van der Waals surface area contributed by atoms with Gasteiger partial charge in [0.25, 0.3) is 0 Å². The summed E-state index contributed by atoms with van der Waals surface area (Å²) < 4.78 is 22.0. The molecule has 0 N–H and O–H groups in total. The molecule has 0 radical (unpaired) electrons. The molecule has 32 heavy (non-hydrogen) atoms. The van der Waals surface area contributed by atoms with Crippen LogP contribution in [-0.4, -0.2) is 37.7 Å². The Morgan fingerprint density at radius 1 is 0.562 bits per heavy atom. The fourth-order valence-corrected chi connectivity index (χ4v) is 3.69. The zero-order chi connectivity index (χ0) is 24.2. The van der Waals surface area contributed by atoms with E-state index in [9.17, 15) is 9.59 Å². The molecule has 0 aromatic carbocycles. The predicted octanol–water partition coefficient (Wildman–Crippen LogP) is 8.06. The number of carbonyl (C=O) groups is 2. The van der Waals surface area contributed by atoms with E-state index in [4.69, 9.17) is 18.9 Å². The molecule has 0 aromatic rings. The molecule has 0 rings (SSSR count). The Kier molecular flexibility index (Phi) is 19.2. The third kappa shape index (κ3) is 14.6. The molecule has 6 nitrogen and oxygen atoms in total. The third-order valence-electron chi connectivity index (χ3n) is 6.02. The molecule has 0 bridgehead atoms. The van der Waals surface area contributed by atoms with Crippen LogP contribution < -0.4 is 0 Å². The van der Waals surface area contributed by atoms with Crippen LogP contribution in [-0.2, 0) is 18.9 Å². The average molecular weight is 459 g/mol. The van der Waals surface area contributed by atoms with Crippen molar-refractivity contribution >= 4 is 12.3 Å². The first-order chi connectivity index (χ1) is 15.4. The van der Waals surface area contributed by atoms with Crippen molar-refractivity contribution in [2.24, 2.45) is 11.8 Å². The molecule has 0 heterocycles. The maximum Gasteiger partial charge on any atom is 0.508 e. The van der Waals surface area contributed by atoms with Crippen LogP contribution in [0, 0.1) is 11.8 Å². The van der Waals surface area contributed by atoms with E-state index in [2.05, 4.69) is 27.7 Å². The first-order valence-corrected chi connectivity index (χ1v) is 13.1. The van der Waals surface area contributed by atoms with E-state index in [0.29, 0.717) is 37.9 Å². The minimum Gasteiger partial charge on any atom is -0.434 e. The molecular weight excluding hydrogens is 408 g/mol. The van der Waals surface area contributed by atoms with Gasteiger partial charge < -0.3 is 18.9 Å². The van der Waals surface area contributed by atoms with E-state index in [1.807, 2.05) is 13.8 Å². The van der Waals surface area contributed by atoms with Crippen molar-refractivity contribution in [3.05, 3.63) is 0 Å². The van der Waals surface area contributed by atoms with Crippen molar-refractivity contribution in [2.75, 3.05) is 13.2 Å². The van der Waals surface area contributed by atoms with Gasteiger partial charge in [-0.15, -0.1) is 0 Å². The quantitative estimate of drug-likeness (QED) is 0.182. The van der Waals surface area contributed by atoms with Crippen molar-refractivity contribution in [3.63, 3.8) is 0 Å². The third-order valence-corrected chi connectivity index (χ3v) is 6.02. The Labute approximate surface area is 197 Å². The molecule has 4 atom stereocenters. The molecule has 0 amide bonds. The second kappa shape index (κ2) is 20.2. The minimum absolute atomic E-state index is 0.351. The van der Waals surface area contributed by atoms with Crippen LogP contribution in [0.2, 0.25) is 0 Å². The zero-order valence-electron chi connectivity index (χ0n) is 21.7. The molecule has 190 valence electrons. The highest BCUT2D eigenvalue weighted by Crippen LogP contribution is 2.20. The number of unbranched alkanes of at least 4 members (excludes halogenated alkanes) is 2. The number of hydrogen-bond acceptors (Lipinski definition) is 6. The van der Waals surface area contributed by atoms with E-state index in [1.54, 1.807) is 0 Å². The second-order valence-corrected chi connectivity index (χ2v) is 8.84. The van der Waals surface area contributed by atoms with E-state index < -0.39 is 24.5 Å². The maximum atomic E-state index is 12.4. The standard InChI is InChI=1S/C26H50O6/c1-7-13-17-21(11-5)19-29-25(27)31-23(15-9-3)24(16-10-4)32-26(28)30-20-22(12-6)18-14-8-2/h21-24H,7-20H2,1-6H3. The Morgan fingerprint density at radius 2 is 0.938 bits per heavy atom. The lowest BCUT2D eigenvalue weighted by Gasteiger charge is -2.26. The summed E-state index contributed by atoms with van der Waals surface area (Å²) in [6.07, 6.45) is 8.94. The molecule has 4 unspecified atom stereocenters. The van der Waals surface area contributed by atoms with Gasteiger partial charge >= 0.3 is 12.3 Å². The largest absolute Gasteiger partial charge is 0.508 e. The lowest BCUT2D eigenvalue weighted by Crippen LogP contribution is -2.36. The van der Waals surface area contributed by atoms with Crippen molar-refractivity contribution in [1.29, 1.82) is 0 Å². The van der Waals surface area contributed by atoms with Crippen LogP contribution in [0.3, 0.4) is 0 Å². The Morgan fingerprint density at radius 3 is 1.22 bits per heavy atom. The molecule has 0 aromatic heterocycles. The molecule has 0 saturated carbocycles. The van der Waals surface area contributed by atoms with Crippen molar-refractivity contribution < 1.29 is 28.5 Å². The molecule has 0 fully saturated rings. The van der Waals surface area contributed by atoms with Gasteiger partial charge in [0.2, 0.25) is 0 Å². The SMILES string of the molecule is CCCCC(CC)COC(=O)OC(CCC)C(CCC)OC(=O)OCC(CC)CCCC. The van der Waals surface area contributed by atoms with Crippen molar-refractivity contribution in [1.82, 2.24) is 0 Å². The van der Waals surface area contributed by atoms with Gasteiger partial charge in [0, 0.05) is 0 Å². The lowest BCUT2D eigenvalue weighted by molar-refractivity contribution is -0.0652. The first-order valence-electron chi connectivity index (χ1n) is 13.1. The second-order valence-electron chi connectivity index (χ2n) is 8.84. The fraction of sp³-hybridized carbons (Fsp3) is 0.923. The Balaban J connectivity index is 4.79. The maximum absolute atomic E-state index is 12.4. The summed E-state index contributed by atoms with van der Waals surface area (Å²) in [7, 11) is 0. The highest BCUT2D eigenvalue weighted by Gasteiger charge is 2.29. The predicted molar refractivity (Wildman–Crippen MR) is 129 cm³/mol. The Hall–Kier alpha value is -1.46. The smallest absolute Gasteiger partial charge is 0.434 e. The van der Waals surface area contributed by atoms with E-state index in [1.165, 1.54) is 0 Å². The average Bonchev–Trinajstić information content (AvgIpc) is 2.78. The zero-order valence-corrected chi connectivity index (χ0v) is 21.7. The van der Waals surface area contributed by atoms with Gasteiger partial charge in [0.1, 0.15) is 12.2 Å². The first kappa shape index (κ1) is 30.5. The highest BCUT2D eigenvalue weighted by atomic mass is 16.8. The van der Waals surface area contributed by atoms with Gasteiger partial charge in [-0.05, 0) is 37.5 Å². The number of carbonyl (C=O) groups excluding carboxylic acids is 2. The van der Waals surface area contributed by atoms with Gasteiger partial charge in [-0.2, -0.15) is 0 Å². The monoisotopic (exact) mass is 458 g/mol. The summed E-state index contributed by atoms with van der Waals surface area (Å²) in [5, 5.41) is 0. The van der Waals surface area contributed by atoms with Gasteiger partial charge in [-0.25, -0.2) is 9.59 Å².